The highest BCUT2D eigenvalue weighted by atomic mass is 32.2. The van der Waals surface area contributed by atoms with E-state index in [1.54, 1.807) is 19.0 Å². The predicted octanol–water partition coefficient (Wildman–Crippen LogP) is -1.57. The first-order valence-corrected chi connectivity index (χ1v) is 7.14. The zero-order valence-corrected chi connectivity index (χ0v) is 10.9. The van der Waals surface area contributed by atoms with Crippen molar-refractivity contribution < 1.29 is 13.2 Å². The molecule has 1 unspecified atom stereocenters. The quantitative estimate of drug-likeness (QED) is 0.570. The van der Waals surface area contributed by atoms with Crippen molar-refractivity contribution >= 4 is 15.7 Å². The molecule has 0 aliphatic heterocycles. The Morgan fingerprint density at radius 1 is 1.50 bits per heavy atom. The molecule has 0 aromatic heterocycles. The number of hydrogen-bond acceptors (Lipinski definition) is 5. The fourth-order valence-electron chi connectivity index (χ4n) is 1.23. The second kappa shape index (κ2) is 6.82. The van der Waals surface area contributed by atoms with Gasteiger partial charge >= 0.3 is 0 Å². The van der Waals surface area contributed by atoms with Crippen molar-refractivity contribution in [2.45, 2.75) is 12.5 Å². The highest BCUT2D eigenvalue weighted by Gasteiger charge is 2.17. The van der Waals surface area contributed by atoms with Gasteiger partial charge in [-0.15, -0.1) is 0 Å². The lowest BCUT2D eigenvalue weighted by molar-refractivity contribution is -0.121. The third-order valence-corrected chi connectivity index (χ3v) is 3.33. The Morgan fingerprint density at radius 2 is 2.06 bits per heavy atom. The molecule has 0 saturated heterocycles. The van der Waals surface area contributed by atoms with Crippen LogP contribution in [0.1, 0.15) is 6.42 Å². The normalized spacial score (nSPS) is 13.8. The molecule has 1 amide bonds. The van der Waals surface area contributed by atoms with E-state index in [9.17, 15) is 13.2 Å². The van der Waals surface area contributed by atoms with Crippen LogP contribution in [0.5, 0.6) is 0 Å². The Bertz CT molecular complexity index is 316. The molecule has 0 heterocycles. The molecule has 0 aliphatic carbocycles. The lowest BCUT2D eigenvalue weighted by Crippen LogP contribution is -2.43. The number of rotatable bonds is 7. The predicted molar refractivity (Wildman–Crippen MR) is 63.9 cm³/mol. The number of nitrogens with zero attached hydrogens (tertiary/aromatic N) is 1. The zero-order valence-electron chi connectivity index (χ0n) is 10.1. The highest BCUT2D eigenvalue weighted by molar-refractivity contribution is 7.90. The van der Waals surface area contributed by atoms with Crippen LogP contribution in [0.2, 0.25) is 0 Å². The molecule has 0 rings (SSSR count). The van der Waals surface area contributed by atoms with Crippen molar-refractivity contribution in [3.05, 3.63) is 0 Å². The average molecular weight is 251 g/mol. The number of carbonyl (C=O) groups is 1. The second-order valence-electron chi connectivity index (χ2n) is 3.88. The first kappa shape index (κ1) is 15.3. The molecule has 0 saturated carbocycles. The lowest BCUT2D eigenvalue weighted by Gasteiger charge is -2.25. The molecule has 0 fully saturated rings. The molecule has 0 radical (unpaired) electrons. The summed E-state index contributed by atoms with van der Waals surface area (Å²) in [5.41, 5.74) is 5.54. The highest BCUT2D eigenvalue weighted by Crippen LogP contribution is 2.01. The van der Waals surface area contributed by atoms with Gasteiger partial charge in [0, 0.05) is 38.9 Å². The number of hydrogen-bond donors (Lipinski definition) is 2. The van der Waals surface area contributed by atoms with E-state index in [2.05, 4.69) is 5.32 Å². The van der Waals surface area contributed by atoms with Crippen LogP contribution in [0.15, 0.2) is 0 Å². The van der Waals surface area contributed by atoms with Gasteiger partial charge in [0.2, 0.25) is 5.91 Å². The Balaban J connectivity index is 4.20. The van der Waals surface area contributed by atoms with Gasteiger partial charge in [-0.3, -0.25) is 4.79 Å². The molecule has 7 heteroatoms. The Hall–Kier alpha value is -0.660. The molecule has 0 bridgehead atoms. The maximum Gasteiger partial charge on any atom is 0.221 e. The van der Waals surface area contributed by atoms with Crippen molar-refractivity contribution in [3.8, 4) is 0 Å². The fourth-order valence-corrected chi connectivity index (χ4v) is 1.85. The molecule has 0 aromatic rings. The SMILES string of the molecule is CNC(=O)CC(CN)N(C)CCS(C)(=O)=O. The summed E-state index contributed by atoms with van der Waals surface area (Å²) in [4.78, 5) is 13.0. The number of sulfone groups is 1. The van der Waals surface area contributed by atoms with Crippen LogP contribution < -0.4 is 11.1 Å². The summed E-state index contributed by atoms with van der Waals surface area (Å²) in [6, 6.07) is -0.123. The Morgan fingerprint density at radius 3 is 2.44 bits per heavy atom. The largest absolute Gasteiger partial charge is 0.359 e. The van der Waals surface area contributed by atoms with Crippen LogP contribution in [0, 0.1) is 0 Å². The Kier molecular flexibility index (Phi) is 6.54. The van der Waals surface area contributed by atoms with Crippen molar-refractivity contribution in [2.75, 3.05) is 39.2 Å². The van der Waals surface area contributed by atoms with Crippen molar-refractivity contribution in [1.29, 1.82) is 0 Å². The minimum absolute atomic E-state index is 0.0771. The summed E-state index contributed by atoms with van der Waals surface area (Å²) >= 11 is 0. The van der Waals surface area contributed by atoms with Crippen LogP contribution in [0.3, 0.4) is 0 Å². The monoisotopic (exact) mass is 251 g/mol. The van der Waals surface area contributed by atoms with Crippen LogP contribution in [-0.2, 0) is 14.6 Å². The standard InChI is InChI=1S/C9H21N3O3S/c1-11-9(13)6-8(7-10)12(2)4-5-16(3,14)15/h8H,4-7,10H2,1-3H3,(H,11,13). The summed E-state index contributed by atoms with van der Waals surface area (Å²) in [7, 11) is 0.353. The third-order valence-electron chi connectivity index (χ3n) is 2.41. The number of carbonyl (C=O) groups excluding carboxylic acids is 1. The summed E-state index contributed by atoms with van der Waals surface area (Å²) in [6.07, 6.45) is 1.48. The molecule has 16 heavy (non-hydrogen) atoms. The van der Waals surface area contributed by atoms with E-state index in [1.165, 1.54) is 6.26 Å². The average Bonchev–Trinajstić information content (AvgIpc) is 2.21. The number of likely N-dealkylation sites (N-methyl/N-ethyl adjacent to an activating group) is 1. The lowest BCUT2D eigenvalue weighted by atomic mass is 10.2. The maximum atomic E-state index is 11.2. The molecule has 96 valence electrons. The number of nitrogens with two attached hydrogens (primary N) is 1. The molecular formula is C9H21N3O3S. The van der Waals surface area contributed by atoms with Gasteiger partial charge in [0.05, 0.1) is 5.75 Å². The molecule has 6 nitrogen and oxygen atoms in total. The van der Waals surface area contributed by atoms with Gasteiger partial charge in [0.25, 0.3) is 0 Å². The molecular weight excluding hydrogens is 230 g/mol. The van der Waals surface area contributed by atoms with E-state index < -0.39 is 9.84 Å². The summed E-state index contributed by atoms with van der Waals surface area (Å²) < 4.78 is 22.0. The van der Waals surface area contributed by atoms with Gasteiger partial charge < -0.3 is 16.0 Å². The minimum Gasteiger partial charge on any atom is -0.359 e. The van der Waals surface area contributed by atoms with Crippen LogP contribution in [0.25, 0.3) is 0 Å². The van der Waals surface area contributed by atoms with Gasteiger partial charge in [0.1, 0.15) is 9.84 Å². The maximum absolute atomic E-state index is 11.2. The van der Waals surface area contributed by atoms with E-state index in [1.807, 2.05) is 0 Å². The summed E-state index contributed by atoms with van der Waals surface area (Å²) in [5, 5.41) is 2.52. The topological polar surface area (TPSA) is 92.5 Å². The van der Waals surface area contributed by atoms with Gasteiger partial charge in [-0.25, -0.2) is 8.42 Å². The molecule has 3 N–H and O–H groups in total. The number of amides is 1. The summed E-state index contributed by atoms with van der Waals surface area (Å²) in [5.74, 6) is -0.0186. The van der Waals surface area contributed by atoms with Gasteiger partial charge in [-0.2, -0.15) is 0 Å². The van der Waals surface area contributed by atoms with Crippen molar-refractivity contribution in [2.24, 2.45) is 5.73 Å². The van der Waals surface area contributed by atoms with E-state index in [-0.39, 0.29) is 24.1 Å². The molecule has 0 spiro atoms. The summed E-state index contributed by atoms with van der Waals surface area (Å²) in [6.45, 7) is 0.714. The molecule has 0 aliphatic rings. The van der Waals surface area contributed by atoms with E-state index in [4.69, 9.17) is 5.73 Å². The first-order chi connectivity index (χ1) is 7.30. The van der Waals surface area contributed by atoms with Crippen LogP contribution in [-0.4, -0.2) is 64.5 Å². The molecule has 0 aromatic carbocycles. The smallest absolute Gasteiger partial charge is 0.221 e. The van der Waals surface area contributed by atoms with Gasteiger partial charge in [-0.1, -0.05) is 0 Å². The second-order valence-corrected chi connectivity index (χ2v) is 6.14. The van der Waals surface area contributed by atoms with E-state index in [0.29, 0.717) is 13.1 Å². The van der Waals surface area contributed by atoms with Crippen LogP contribution >= 0.6 is 0 Å². The molecule has 1 atom stereocenters. The van der Waals surface area contributed by atoms with E-state index >= 15 is 0 Å². The van der Waals surface area contributed by atoms with Crippen molar-refractivity contribution in [3.63, 3.8) is 0 Å². The minimum atomic E-state index is -2.98. The zero-order chi connectivity index (χ0) is 12.8. The van der Waals surface area contributed by atoms with E-state index in [0.717, 1.165) is 0 Å². The Labute approximate surface area is 97.1 Å². The van der Waals surface area contributed by atoms with Gasteiger partial charge in [0.15, 0.2) is 0 Å². The number of nitrogens with one attached hydrogen (secondary N) is 1. The fraction of sp³-hybridized carbons (Fsp3) is 0.889. The third kappa shape index (κ3) is 6.76. The van der Waals surface area contributed by atoms with Gasteiger partial charge in [-0.05, 0) is 7.05 Å². The van der Waals surface area contributed by atoms with Crippen molar-refractivity contribution in [1.82, 2.24) is 10.2 Å². The van der Waals surface area contributed by atoms with Crippen LogP contribution in [0.4, 0.5) is 0 Å². The first-order valence-electron chi connectivity index (χ1n) is 5.08.